The standard InChI is InChI=1S/C19H20N2O2/c1-19(12-17(22)20-14-19)18(23)21(16-10-6-3-7-11-16)13-15-8-4-2-5-9-15/h2-11H,12-14H2,1H3,(H,20,22). The van der Waals surface area contributed by atoms with Gasteiger partial charge in [0.05, 0.1) is 12.0 Å². The van der Waals surface area contributed by atoms with Crippen LogP contribution in [0.3, 0.4) is 0 Å². The lowest BCUT2D eigenvalue weighted by Gasteiger charge is -2.31. The molecule has 2 amide bonds. The number of anilines is 1. The third-order valence-corrected chi connectivity index (χ3v) is 4.24. The molecule has 0 bridgehead atoms. The van der Waals surface area contributed by atoms with Crippen molar-refractivity contribution in [3.05, 3.63) is 66.2 Å². The van der Waals surface area contributed by atoms with Crippen LogP contribution in [0.25, 0.3) is 0 Å². The smallest absolute Gasteiger partial charge is 0.235 e. The fourth-order valence-electron chi connectivity index (χ4n) is 2.90. The minimum atomic E-state index is -0.693. The van der Waals surface area contributed by atoms with Gasteiger partial charge in [-0.2, -0.15) is 0 Å². The second kappa shape index (κ2) is 6.24. The van der Waals surface area contributed by atoms with Crippen molar-refractivity contribution in [1.29, 1.82) is 0 Å². The number of amides is 2. The number of hydrogen-bond donors (Lipinski definition) is 1. The third-order valence-electron chi connectivity index (χ3n) is 4.24. The second-order valence-corrected chi connectivity index (χ2v) is 6.23. The van der Waals surface area contributed by atoms with E-state index in [4.69, 9.17) is 0 Å². The average Bonchev–Trinajstić information content (AvgIpc) is 2.94. The van der Waals surface area contributed by atoms with Crippen molar-refractivity contribution in [3.63, 3.8) is 0 Å². The van der Waals surface area contributed by atoms with E-state index in [0.29, 0.717) is 13.1 Å². The van der Waals surface area contributed by atoms with Gasteiger partial charge in [-0.3, -0.25) is 9.59 Å². The molecule has 1 aliphatic rings. The maximum absolute atomic E-state index is 13.2. The van der Waals surface area contributed by atoms with E-state index < -0.39 is 5.41 Å². The van der Waals surface area contributed by atoms with Gasteiger partial charge in [-0.15, -0.1) is 0 Å². The number of carbonyl (C=O) groups excluding carboxylic acids is 2. The largest absolute Gasteiger partial charge is 0.355 e. The molecule has 1 heterocycles. The van der Waals surface area contributed by atoms with Gasteiger partial charge in [0.25, 0.3) is 0 Å². The van der Waals surface area contributed by atoms with Crippen LogP contribution < -0.4 is 10.2 Å². The van der Waals surface area contributed by atoms with Crippen molar-refractivity contribution in [2.45, 2.75) is 19.9 Å². The number of nitrogens with one attached hydrogen (secondary N) is 1. The summed E-state index contributed by atoms with van der Waals surface area (Å²) in [6.45, 7) is 2.74. The van der Waals surface area contributed by atoms with Crippen LogP contribution in [0.15, 0.2) is 60.7 Å². The molecule has 0 aromatic heterocycles. The van der Waals surface area contributed by atoms with Gasteiger partial charge in [-0.25, -0.2) is 0 Å². The SMILES string of the molecule is CC1(C(=O)N(Cc2ccccc2)c2ccccc2)CNC(=O)C1. The molecule has 1 fully saturated rings. The average molecular weight is 308 g/mol. The molecule has 1 aliphatic heterocycles. The molecular formula is C19H20N2O2. The predicted octanol–water partition coefficient (Wildman–Crippen LogP) is 2.75. The molecule has 23 heavy (non-hydrogen) atoms. The number of hydrogen-bond acceptors (Lipinski definition) is 2. The second-order valence-electron chi connectivity index (χ2n) is 6.23. The van der Waals surface area contributed by atoms with Crippen molar-refractivity contribution in [2.24, 2.45) is 5.41 Å². The fraction of sp³-hybridized carbons (Fsp3) is 0.263. The number of benzene rings is 2. The first-order valence-electron chi connectivity index (χ1n) is 7.76. The first-order valence-corrected chi connectivity index (χ1v) is 7.76. The Morgan fingerprint density at radius 2 is 1.70 bits per heavy atom. The normalized spacial score (nSPS) is 20.1. The van der Waals surface area contributed by atoms with Crippen molar-refractivity contribution in [2.75, 3.05) is 11.4 Å². The predicted molar refractivity (Wildman–Crippen MR) is 89.8 cm³/mol. The summed E-state index contributed by atoms with van der Waals surface area (Å²) < 4.78 is 0. The van der Waals surface area contributed by atoms with Crippen molar-refractivity contribution >= 4 is 17.5 Å². The first-order chi connectivity index (χ1) is 11.1. The van der Waals surface area contributed by atoms with Crippen LogP contribution in [0.1, 0.15) is 18.9 Å². The van der Waals surface area contributed by atoms with E-state index >= 15 is 0 Å². The van der Waals surface area contributed by atoms with Crippen LogP contribution in [0.2, 0.25) is 0 Å². The third kappa shape index (κ3) is 3.26. The number of para-hydroxylation sites is 1. The summed E-state index contributed by atoms with van der Waals surface area (Å²) in [6.07, 6.45) is 0.240. The number of rotatable bonds is 4. The first kappa shape index (κ1) is 15.3. The quantitative estimate of drug-likeness (QED) is 0.944. The molecule has 1 unspecified atom stereocenters. The van der Waals surface area contributed by atoms with Crippen LogP contribution in [0.4, 0.5) is 5.69 Å². The summed E-state index contributed by atoms with van der Waals surface area (Å²) in [5.74, 6) is -0.0838. The highest BCUT2D eigenvalue weighted by atomic mass is 16.2. The number of carbonyl (C=O) groups is 2. The van der Waals surface area contributed by atoms with Crippen molar-refractivity contribution < 1.29 is 9.59 Å². The van der Waals surface area contributed by atoms with Gasteiger partial charge in [0.15, 0.2) is 0 Å². The van der Waals surface area contributed by atoms with Crippen LogP contribution in [0.5, 0.6) is 0 Å². The molecule has 0 spiro atoms. The van der Waals surface area contributed by atoms with E-state index in [1.165, 1.54) is 0 Å². The van der Waals surface area contributed by atoms with E-state index in [1.54, 1.807) is 4.90 Å². The molecule has 1 saturated heterocycles. The molecule has 1 atom stereocenters. The van der Waals surface area contributed by atoms with Crippen LogP contribution >= 0.6 is 0 Å². The Hall–Kier alpha value is -2.62. The Morgan fingerprint density at radius 3 is 2.26 bits per heavy atom. The van der Waals surface area contributed by atoms with E-state index in [-0.39, 0.29) is 18.2 Å². The monoisotopic (exact) mass is 308 g/mol. The Bertz CT molecular complexity index is 700. The van der Waals surface area contributed by atoms with Gasteiger partial charge >= 0.3 is 0 Å². The molecule has 1 N–H and O–H groups in total. The van der Waals surface area contributed by atoms with Gasteiger partial charge in [0.1, 0.15) is 0 Å². The van der Waals surface area contributed by atoms with E-state index in [9.17, 15) is 9.59 Å². The maximum atomic E-state index is 13.2. The highest BCUT2D eigenvalue weighted by Gasteiger charge is 2.43. The maximum Gasteiger partial charge on any atom is 0.235 e. The summed E-state index contributed by atoms with van der Waals surface area (Å²) in [4.78, 5) is 26.5. The highest BCUT2D eigenvalue weighted by molar-refractivity contribution is 6.01. The minimum absolute atomic E-state index is 0.0223. The molecule has 2 aromatic rings. The zero-order chi connectivity index (χ0) is 16.3. The summed E-state index contributed by atoms with van der Waals surface area (Å²) in [6, 6.07) is 19.5. The Balaban J connectivity index is 1.92. The van der Waals surface area contributed by atoms with Crippen molar-refractivity contribution in [1.82, 2.24) is 5.32 Å². The molecule has 0 saturated carbocycles. The zero-order valence-corrected chi connectivity index (χ0v) is 13.2. The molecule has 4 nitrogen and oxygen atoms in total. The lowest BCUT2D eigenvalue weighted by atomic mass is 9.87. The Labute approximate surface area is 136 Å². The summed E-state index contributed by atoms with van der Waals surface area (Å²) in [7, 11) is 0. The zero-order valence-electron chi connectivity index (χ0n) is 13.2. The summed E-state index contributed by atoms with van der Waals surface area (Å²) in [5.41, 5.74) is 1.22. The molecule has 118 valence electrons. The van der Waals surface area contributed by atoms with Crippen LogP contribution in [0, 0.1) is 5.41 Å². The van der Waals surface area contributed by atoms with Gasteiger partial charge in [-0.05, 0) is 24.6 Å². The lowest BCUT2D eigenvalue weighted by Crippen LogP contribution is -2.43. The van der Waals surface area contributed by atoms with Gasteiger partial charge in [0, 0.05) is 18.7 Å². The molecule has 0 radical (unpaired) electrons. The Kier molecular flexibility index (Phi) is 4.15. The molecule has 3 rings (SSSR count). The summed E-state index contributed by atoms with van der Waals surface area (Å²) >= 11 is 0. The van der Waals surface area contributed by atoms with Gasteiger partial charge in [-0.1, -0.05) is 48.5 Å². The van der Waals surface area contributed by atoms with E-state index in [1.807, 2.05) is 67.6 Å². The topological polar surface area (TPSA) is 49.4 Å². The molecule has 2 aromatic carbocycles. The molecular weight excluding hydrogens is 288 g/mol. The molecule has 0 aliphatic carbocycles. The van der Waals surface area contributed by atoms with Crippen LogP contribution in [-0.4, -0.2) is 18.4 Å². The van der Waals surface area contributed by atoms with Gasteiger partial charge < -0.3 is 10.2 Å². The minimum Gasteiger partial charge on any atom is -0.355 e. The number of nitrogens with zero attached hydrogens (tertiary/aromatic N) is 1. The fourth-order valence-corrected chi connectivity index (χ4v) is 2.90. The van der Waals surface area contributed by atoms with Crippen LogP contribution in [-0.2, 0) is 16.1 Å². The highest BCUT2D eigenvalue weighted by Crippen LogP contribution is 2.31. The van der Waals surface area contributed by atoms with Crippen molar-refractivity contribution in [3.8, 4) is 0 Å². The summed E-state index contributed by atoms with van der Waals surface area (Å²) in [5, 5.41) is 2.77. The van der Waals surface area contributed by atoms with Gasteiger partial charge in [0.2, 0.25) is 11.8 Å². The molecule has 4 heteroatoms. The Morgan fingerprint density at radius 1 is 1.09 bits per heavy atom. The van der Waals surface area contributed by atoms with E-state index in [0.717, 1.165) is 11.3 Å². The van der Waals surface area contributed by atoms with E-state index in [2.05, 4.69) is 5.32 Å². The lowest BCUT2D eigenvalue weighted by molar-refractivity contribution is -0.128.